The molecule has 2 aliphatic heterocycles. The summed E-state index contributed by atoms with van der Waals surface area (Å²) in [6, 6.07) is 5.97. The highest BCUT2D eigenvalue weighted by Gasteiger charge is 2.42. The Morgan fingerprint density at radius 3 is 3.00 bits per heavy atom. The van der Waals surface area contributed by atoms with E-state index >= 15 is 0 Å². The van der Waals surface area contributed by atoms with Crippen LogP contribution in [0.15, 0.2) is 18.2 Å². The molecule has 0 aliphatic carbocycles. The highest BCUT2D eigenvalue weighted by Crippen LogP contribution is 2.45. The van der Waals surface area contributed by atoms with Crippen LogP contribution in [0.3, 0.4) is 0 Å². The molecule has 0 saturated carbocycles. The van der Waals surface area contributed by atoms with E-state index in [-0.39, 0.29) is 11.6 Å². The van der Waals surface area contributed by atoms with Gasteiger partial charge in [0, 0.05) is 28.4 Å². The van der Waals surface area contributed by atoms with Crippen LogP contribution in [0.25, 0.3) is 0 Å². The fourth-order valence-corrected chi connectivity index (χ4v) is 5.41. The molecule has 1 N–H and O–H groups in total. The van der Waals surface area contributed by atoms with E-state index in [0.29, 0.717) is 5.92 Å². The number of rotatable bonds is 3. The number of halogens is 2. The van der Waals surface area contributed by atoms with Gasteiger partial charge in [-0.15, -0.1) is 0 Å². The van der Waals surface area contributed by atoms with Crippen LogP contribution < -0.4 is 5.32 Å². The van der Waals surface area contributed by atoms with Crippen LogP contribution in [0.2, 0.25) is 10.0 Å². The maximum atomic E-state index is 6.41. The Kier molecular flexibility index (Phi) is 5.07. The summed E-state index contributed by atoms with van der Waals surface area (Å²) in [4.78, 5) is 0. The lowest BCUT2D eigenvalue weighted by molar-refractivity contribution is -0.0850. The minimum Gasteiger partial charge on any atom is -0.374 e. The lowest BCUT2D eigenvalue weighted by atomic mass is 9.79. The number of hydrogen-bond donors (Lipinski definition) is 1. The fourth-order valence-electron chi connectivity index (χ4n) is 3.61. The summed E-state index contributed by atoms with van der Waals surface area (Å²) in [6.07, 6.45) is 3.35. The van der Waals surface area contributed by atoms with Crippen LogP contribution >= 0.6 is 35.0 Å². The monoisotopic (exact) mass is 345 g/mol. The van der Waals surface area contributed by atoms with Gasteiger partial charge < -0.3 is 10.1 Å². The van der Waals surface area contributed by atoms with E-state index in [1.807, 2.05) is 37.0 Å². The van der Waals surface area contributed by atoms with Gasteiger partial charge in [0.1, 0.15) is 0 Å². The van der Waals surface area contributed by atoms with Crippen molar-refractivity contribution in [2.45, 2.75) is 30.9 Å². The van der Waals surface area contributed by atoms with Crippen LogP contribution in [0.1, 0.15) is 30.9 Å². The van der Waals surface area contributed by atoms with Crippen molar-refractivity contribution in [3.05, 3.63) is 33.8 Å². The molecule has 21 heavy (non-hydrogen) atoms. The highest BCUT2D eigenvalue weighted by molar-refractivity contribution is 7.99. The first-order valence-electron chi connectivity index (χ1n) is 7.47. The molecular formula is C16H21Cl2NOS. The predicted molar refractivity (Wildman–Crippen MR) is 91.6 cm³/mol. The zero-order chi connectivity index (χ0) is 14.9. The molecule has 2 saturated heterocycles. The Balaban J connectivity index is 1.84. The SMILES string of the molecule is CNC(c1cc(Cl)ccc1Cl)C1CCOC2(CCSC2)C1. The van der Waals surface area contributed by atoms with E-state index in [2.05, 4.69) is 5.32 Å². The molecule has 2 nitrogen and oxygen atoms in total. The molecular weight excluding hydrogens is 325 g/mol. The van der Waals surface area contributed by atoms with E-state index in [1.54, 1.807) is 0 Å². The summed E-state index contributed by atoms with van der Waals surface area (Å²) in [5.74, 6) is 2.89. The maximum Gasteiger partial charge on any atom is 0.0783 e. The molecule has 1 aromatic rings. The first-order valence-corrected chi connectivity index (χ1v) is 9.38. The molecule has 3 atom stereocenters. The zero-order valence-electron chi connectivity index (χ0n) is 12.2. The molecule has 2 aliphatic rings. The summed E-state index contributed by atoms with van der Waals surface area (Å²) in [5.41, 5.74) is 1.20. The van der Waals surface area contributed by atoms with Crippen molar-refractivity contribution in [1.82, 2.24) is 5.32 Å². The quantitative estimate of drug-likeness (QED) is 0.867. The van der Waals surface area contributed by atoms with E-state index in [0.717, 1.165) is 40.8 Å². The van der Waals surface area contributed by atoms with Crippen LogP contribution in [0.4, 0.5) is 0 Å². The molecule has 0 radical (unpaired) electrons. The van der Waals surface area contributed by atoms with Crippen molar-refractivity contribution >= 4 is 35.0 Å². The molecule has 2 fully saturated rings. The first-order chi connectivity index (χ1) is 10.1. The molecule has 116 valence electrons. The van der Waals surface area contributed by atoms with E-state index in [9.17, 15) is 0 Å². The van der Waals surface area contributed by atoms with Crippen molar-refractivity contribution in [1.29, 1.82) is 0 Å². The van der Waals surface area contributed by atoms with Gasteiger partial charge in [-0.3, -0.25) is 0 Å². The highest BCUT2D eigenvalue weighted by atomic mass is 35.5. The zero-order valence-corrected chi connectivity index (χ0v) is 14.5. The lowest BCUT2D eigenvalue weighted by Crippen LogP contribution is -2.43. The third-order valence-corrected chi connectivity index (χ3v) is 6.48. The van der Waals surface area contributed by atoms with E-state index in [1.165, 1.54) is 12.2 Å². The van der Waals surface area contributed by atoms with Crippen molar-refractivity contribution < 1.29 is 4.74 Å². The van der Waals surface area contributed by atoms with Gasteiger partial charge in [0.25, 0.3) is 0 Å². The average molecular weight is 346 g/mol. The smallest absolute Gasteiger partial charge is 0.0783 e. The third-order valence-electron chi connectivity index (χ3n) is 4.67. The number of benzene rings is 1. The predicted octanol–water partition coefficient (Wildman–Crippen LogP) is 4.56. The summed E-state index contributed by atoms with van der Waals surface area (Å²) in [6.45, 7) is 0.849. The van der Waals surface area contributed by atoms with Crippen LogP contribution in [0.5, 0.6) is 0 Å². The number of nitrogens with one attached hydrogen (secondary N) is 1. The Bertz CT molecular complexity index is 505. The topological polar surface area (TPSA) is 21.3 Å². The first kappa shape index (κ1) is 15.9. The van der Waals surface area contributed by atoms with E-state index < -0.39 is 0 Å². The van der Waals surface area contributed by atoms with Crippen LogP contribution in [-0.2, 0) is 4.74 Å². The Labute approximate surface area is 140 Å². The number of ether oxygens (including phenoxy) is 1. The molecule has 3 rings (SSSR count). The normalized spacial score (nSPS) is 30.7. The molecule has 0 bridgehead atoms. The van der Waals surface area contributed by atoms with Crippen molar-refractivity contribution in [2.75, 3.05) is 25.2 Å². The summed E-state index contributed by atoms with van der Waals surface area (Å²) < 4.78 is 6.13. The summed E-state index contributed by atoms with van der Waals surface area (Å²) in [7, 11) is 2.01. The fraction of sp³-hybridized carbons (Fsp3) is 0.625. The number of hydrogen-bond acceptors (Lipinski definition) is 3. The Morgan fingerprint density at radius 1 is 1.43 bits per heavy atom. The number of thioether (sulfide) groups is 1. The molecule has 1 aromatic carbocycles. The van der Waals surface area contributed by atoms with Crippen LogP contribution in [-0.4, -0.2) is 30.8 Å². The van der Waals surface area contributed by atoms with Gasteiger partial charge in [0.2, 0.25) is 0 Å². The molecule has 0 aromatic heterocycles. The standard InChI is InChI=1S/C16H21Cl2NOS/c1-19-15(13-8-12(17)2-3-14(13)18)11-4-6-20-16(9-11)5-7-21-10-16/h2-3,8,11,15,19H,4-7,9-10H2,1H3. The van der Waals surface area contributed by atoms with Gasteiger partial charge in [-0.2, -0.15) is 11.8 Å². The van der Waals surface area contributed by atoms with Crippen molar-refractivity contribution in [2.24, 2.45) is 5.92 Å². The second-order valence-corrected chi connectivity index (χ2v) is 7.97. The third kappa shape index (κ3) is 3.37. The molecule has 0 amide bonds. The van der Waals surface area contributed by atoms with Gasteiger partial charge in [-0.05, 0) is 61.7 Å². The van der Waals surface area contributed by atoms with Gasteiger partial charge in [-0.1, -0.05) is 23.2 Å². The molecule has 2 heterocycles. The van der Waals surface area contributed by atoms with Crippen LogP contribution in [0, 0.1) is 5.92 Å². The molecule has 5 heteroatoms. The second kappa shape index (κ2) is 6.67. The molecule has 3 unspecified atom stereocenters. The van der Waals surface area contributed by atoms with Gasteiger partial charge in [0.15, 0.2) is 0 Å². The van der Waals surface area contributed by atoms with Crippen molar-refractivity contribution in [3.63, 3.8) is 0 Å². The van der Waals surface area contributed by atoms with E-state index in [4.69, 9.17) is 27.9 Å². The van der Waals surface area contributed by atoms with Gasteiger partial charge in [-0.25, -0.2) is 0 Å². The minimum atomic E-state index is 0.0910. The van der Waals surface area contributed by atoms with Gasteiger partial charge in [0.05, 0.1) is 5.60 Å². The Morgan fingerprint density at radius 2 is 2.29 bits per heavy atom. The average Bonchev–Trinajstić information content (AvgIpc) is 2.91. The Hall–Kier alpha value is 0.0700. The van der Waals surface area contributed by atoms with Crippen molar-refractivity contribution in [3.8, 4) is 0 Å². The van der Waals surface area contributed by atoms with Gasteiger partial charge >= 0.3 is 0 Å². The largest absolute Gasteiger partial charge is 0.374 e. The maximum absolute atomic E-state index is 6.41. The summed E-state index contributed by atoms with van der Waals surface area (Å²) >= 11 is 14.6. The minimum absolute atomic E-state index is 0.0910. The summed E-state index contributed by atoms with van der Waals surface area (Å²) in [5, 5.41) is 4.99. The second-order valence-electron chi connectivity index (χ2n) is 6.02. The lowest BCUT2D eigenvalue weighted by Gasteiger charge is -2.41. The molecule has 1 spiro atoms.